The van der Waals surface area contributed by atoms with E-state index in [9.17, 15) is 19.5 Å². The van der Waals surface area contributed by atoms with Gasteiger partial charge < -0.3 is 14.6 Å². The lowest BCUT2D eigenvalue weighted by Gasteiger charge is -2.20. The Morgan fingerprint density at radius 3 is 2.00 bits per heavy atom. The van der Waals surface area contributed by atoms with E-state index in [0.717, 1.165) is 16.7 Å². The molecule has 0 fully saturated rings. The van der Waals surface area contributed by atoms with E-state index < -0.39 is 11.6 Å². The van der Waals surface area contributed by atoms with Crippen molar-refractivity contribution >= 4 is 17.9 Å². The second kappa shape index (κ2) is 11.2. The minimum atomic E-state index is -1.04. The molecule has 0 heterocycles. The Hall–Kier alpha value is -3.93. The molecule has 0 bridgehead atoms. The van der Waals surface area contributed by atoms with Gasteiger partial charge >= 0.3 is 17.9 Å². The zero-order chi connectivity index (χ0) is 27.4. The van der Waals surface area contributed by atoms with Gasteiger partial charge in [-0.1, -0.05) is 60.7 Å². The van der Waals surface area contributed by atoms with Crippen LogP contribution in [0.15, 0.2) is 60.7 Å². The largest absolute Gasteiger partial charge is 0.478 e. The second-order valence-corrected chi connectivity index (χ2v) is 10.7. The van der Waals surface area contributed by atoms with Crippen LogP contribution in [0.3, 0.4) is 0 Å². The number of benzene rings is 3. The van der Waals surface area contributed by atoms with Gasteiger partial charge in [0.05, 0.1) is 5.56 Å². The number of carbonyl (C=O) groups excluding carboxylic acids is 2. The van der Waals surface area contributed by atoms with Gasteiger partial charge in [0.15, 0.2) is 0 Å². The molecule has 0 unspecified atom stereocenters. The minimum absolute atomic E-state index is 0.00269. The zero-order valence-corrected chi connectivity index (χ0v) is 22.4. The number of ether oxygens (including phenoxy) is 2. The smallest absolute Gasteiger partial charge is 0.336 e. The molecule has 6 nitrogen and oxygen atoms in total. The van der Waals surface area contributed by atoms with Crippen molar-refractivity contribution in [3.05, 3.63) is 94.0 Å². The summed E-state index contributed by atoms with van der Waals surface area (Å²) in [7, 11) is 0. The maximum absolute atomic E-state index is 12.7. The van der Waals surface area contributed by atoms with Crippen LogP contribution in [0.2, 0.25) is 0 Å². The van der Waals surface area contributed by atoms with E-state index in [4.69, 9.17) is 9.47 Å². The molecule has 1 aliphatic carbocycles. The van der Waals surface area contributed by atoms with Crippen molar-refractivity contribution in [2.75, 3.05) is 6.61 Å². The van der Waals surface area contributed by atoms with Crippen molar-refractivity contribution in [2.45, 2.75) is 64.9 Å². The Kier molecular flexibility index (Phi) is 8.00. The lowest BCUT2D eigenvalue weighted by atomic mass is 9.93. The molecule has 0 aromatic heterocycles. The normalized spacial score (nSPS) is 12.5. The predicted octanol–water partition coefficient (Wildman–Crippen LogP) is 6.26. The van der Waals surface area contributed by atoms with E-state index in [0.29, 0.717) is 17.5 Å². The number of hydrogen-bond acceptors (Lipinski definition) is 5. The Morgan fingerprint density at radius 1 is 0.842 bits per heavy atom. The first-order valence-corrected chi connectivity index (χ1v) is 12.9. The summed E-state index contributed by atoms with van der Waals surface area (Å²) in [4.78, 5) is 36.8. The third-order valence-electron chi connectivity index (χ3n) is 6.70. The molecule has 1 aliphatic rings. The van der Waals surface area contributed by atoms with Crippen LogP contribution in [0, 0.1) is 6.92 Å². The summed E-state index contributed by atoms with van der Waals surface area (Å²) in [6.45, 7) is 7.38. The highest BCUT2D eigenvalue weighted by molar-refractivity contribution is 5.91. The van der Waals surface area contributed by atoms with Gasteiger partial charge in [0.25, 0.3) is 0 Å². The number of aryl methyl sites for hydroxylation is 3. The summed E-state index contributed by atoms with van der Waals surface area (Å²) in [5, 5.41) is 9.73. The van der Waals surface area contributed by atoms with Crippen LogP contribution in [0.5, 0.6) is 0 Å². The lowest BCUT2D eigenvalue weighted by Crippen LogP contribution is -2.24. The van der Waals surface area contributed by atoms with Crippen molar-refractivity contribution in [3.63, 3.8) is 0 Å². The van der Waals surface area contributed by atoms with Crippen LogP contribution in [-0.2, 0) is 31.9 Å². The Balaban J connectivity index is 1.40. The maximum Gasteiger partial charge on any atom is 0.336 e. The van der Waals surface area contributed by atoms with Crippen molar-refractivity contribution in [1.82, 2.24) is 0 Å². The summed E-state index contributed by atoms with van der Waals surface area (Å²) in [5.41, 5.74) is 6.26. The quantitative estimate of drug-likeness (QED) is 0.339. The van der Waals surface area contributed by atoms with E-state index in [1.54, 1.807) is 39.8 Å². The van der Waals surface area contributed by atoms with Crippen LogP contribution in [-0.4, -0.2) is 35.2 Å². The summed E-state index contributed by atoms with van der Waals surface area (Å²) >= 11 is 0. The van der Waals surface area contributed by atoms with Crippen LogP contribution >= 0.6 is 0 Å². The highest BCUT2D eigenvalue weighted by Crippen LogP contribution is 2.44. The molecular weight excluding hydrogens is 480 g/mol. The number of fused-ring (bicyclic) bond motifs is 3. The van der Waals surface area contributed by atoms with Gasteiger partial charge in [0.2, 0.25) is 0 Å². The third kappa shape index (κ3) is 6.31. The van der Waals surface area contributed by atoms with E-state index in [2.05, 4.69) is 24.3 Å². The summed E-state index contributed by atoms with van der Waals surface area (Å²) in [5.74, 6) is -1.72. The molecule has 0 spiro atoms. The molecule has 4 rings (SSSR count). The first-order chi connectivity index (χ1) is 18.0. The Morgan fingerprint density at radius 2 is 1.42 bits per heavy atom. The number of carbonyl (C=O) groups is 3. The van der Waals surface area contributed by atoms with Crippen LogP contribution in [0.25, 0.3) is 11.1 Å². The predicted molar refractivity (Wildman–Crippen MR) is 145 cm³/mol. The zero-order valence-electron chi connectivity index (χ0n) is 22.4. The molecular formula is C32H34O6. The van der Waals surface area contributed by atoms with Crippen LogP contribution < -0.4 is 0 Å². The van der Waals surface area contributed by atoms with Gasteiger partial charge in [0.1, 0.15) is 12.2 Å². The maximum atomic E-state index is 12.7. The Labute approximate surface area is 223 Å². The fraction of sp³-hybridized carbons (Fsp3) is 0.344. The van der Waals surface area contributed by atoms with Crippen LogP contribution in [0.4, 0.5) is 0 Å². The average Bonchev–Trinajstić information content (AvgIpc) is 3.17. The molecule has 3 aromatic carbocycles. The second-order valence-electron chi connectivity index (χ2n) is 10.7. The van der Waals surface area contributed by atoms with E-state index in [-0.39, 0.29) is 49.3 Å². The number of rotatable bonds is 9. The highest BCUT2D eigenvalue weighted by atomic mass is 16.6. The summed E-state index contributed by atoms with van der Waals surface area (Å²) in [6.07, 6.45) is 0.910. The van der Waals surface area contributed by atoms with Crippen LogP contribution in [0.1, 0.15) is 77.7 Å². The van der Waals surface area contributed by atoms with Gasteiger partial charge in [-0.3, -0.25) is 9.59 Å². The van der Waals surface area contributed by atoms with Crippen molar-refractivity contribution < 1.29 is 29.0 Å². The number of esters is 2. The first kappa shape index (κ1) is 27.1. The van der Waals surface area contributed by atoms with E-state index in [1.807, 2.05) is 24.3 Å². The SMILES string of the molecule is Cc1cc(CCC(=O)OCC2c3ccccc3-c3ccccc32)cc(CCC(=O)OC(C)(C)C)c1C(=O)O. The molecule has 0 saturated heterocycles. The van der Waals surface area contributed by atoms with Gasteiger partial charge in [-0.25, -0.2) is 4.79 Å². The molecule has 0 saturated carbocycles. The molecule has 0 radical (unpaired) electrons. The molecule has 1 N–H and O–H groups in total. The van der Waals surface area contributed by atoms with Gasteiger partial charge in [-0.05, 0) is 79.5 Å². The van der Waals surface area contributed by atoms with Gasteiger partial charge in [-0.15, -0.1) is 0 Å². The number of hydrogen-bond donors (Lipinski definition) is 1. The molecule has 0 atom stereocenters. The topological polar surface area (TPSA) is 89.9 Å². The van der Waals surface area contributed by atoms with Gasteiger partial charge in [0, 0.05) is 18.8 Å². The fourth-order valence-electron chi connectivity index (χ4n) is 5.15. The molecule has 198 valence electrons. The molecule has 6 heteroatoms. The minimum Gasteiger partial charge on any atom is -0.478 e. The highest BCUT2D eigenvalue weighted by Gasteiger charge is 2.29. The van der Waals surface area contributed by atoms with E-state index >= 15 is 0 Å². The molecule has 3 aromatic rings. The molecule has 0 aliphatic heterocycles. The molecule has 38 heavy (non-hydrogen) atoms. The first-order valence-electron chi connectivity index (χ1n) is 12.9. The number of aromatic carboxylic acids is 1. The summed E-state index contributed by atoms with van der Waals surface area (Å²) in [6, 6.07) is 20.0. The summed E-state index contributed by atoms with van der Waals surface area (Å²) < 4.78 is 11.1. The fourth-order valence-corrected chi connectivity index (χ4v) is 5.15. The Bertz CT molecular complexity index is 1320. The monoisotopic (exact) mass is 514 g/mol. The molecule has 0 amide bonds. The van der Waals surface area contributed by atoms with Gasteiger partial charge in [-0.2, -0.15) is 0 Å². The third-order valence-corrected chi connectivity index (χ3v) is 6.70. The standard InChI is InChI=1S/C32H34O6/c1-20-17-21(18-22(30(20)31(35)36)14-16-29(34)38-32(2,3)4)13-15-28(33)37-19-27-25-11-7-5-9-23(25)24-10-6-8-12-26(24)27/h5-12,17-18,27H,13-16,19H2,1-4H3,(H,35,36). The average molecular weight is 515 g/mol. The number of carboxylic acids is 1. The van der Waals surface area contributed by atoms with Crippen molar-refractivity contribution in [1.29, 1.82) is 0 Å². The van der Waals surface area contributed by atoms with E-state index in [1.165, 1.54) is 11.1 Å². The van der Waals surface area contributed by atoms with Crippen molar-refractivity contribution in [3.8, 4) is 11.1 Å². The lowest BCUT2D eigenvalue weighted by molar-refractivity contribution is -0.154. The van der Waals surface area contributed by atoms with Crippen molar-refractivity contribution in [2.24, 2.45) is 0 Å². The number of carboxylic acid groups (broad SMARTS) is 1.